The summed E-state index contributed by atoms with van der Waals surface area (Å²) in [4.78, 5) is 0. The van der Waals surface area contributed by atoms with Crippen molar-refractivity contribution in [2.75, 3.05) is 33.5 Å². The van der Waals surface area contributed by atoms with Crippen molar-refractivity contribution >= 4 is 0 Å². The van der Waals surface area contributed by atoms with Crippen LogP contribution in [0.2, 0.25) is 0 Å². The first kappa shape index (κ1) is 104. The second-order valence-corrected chi connectivity index (χ2v) is 39.9. The molecule has 0 aromatic heterocycles. The Morgan fingerprint density at radius 3 is 0.578 bits per heavy atom. The van der Waals surface area contributed by atoms with Crippen LogP contribution in [0.25, 0.3) is 0 Å². The molecule has 0 atom stereocenters. The summed E-state index contributed by atoms with van der Waals surface area (Å²) in [7, 11) is 1.68. The fourth-order valence-corrected chi connectivity index (χ4v) is 18.9. The van der Waals surface area contributed by atoms with Gasteiger partial charge in [-0.25, -0.2) is 0 Å². The van der Waals surface area contributed by atoms with Crippen LogP contribution in [0.15, 0.2) is 243 Å². The Morgan fingerprint density at radius 2 is 0.385 bits per heavy atom. The molecule has 5 nitrogen and oxygen atoms in total. The summed E-state index contributed by atoms with van der Waals surface area (Å²) >= 11 is 0. The highest BCUT2D eigenvalue weighted by Gasteiger charge is 2.23. The maximum atomic E-state index is 5.76. The molecule has 5 aliphatic rings. The molecule has 0 saturated heterocycles. The molecule has 5 aliphatic carbocycles. The predicted molar refractivity (Wildman–Crippen MR) is 570 cm³/mol. The summed E-state index contributed by atoms with van der Waals surface area (Å²) in [5.41, 5.74) is 17.7. The van der Waals surface area contributed by atoms with Gasteiger partial charge in [0.15, 0.2) is 0 Å². The number of hydrogen-bond donors (Lipinski definition) is 0. The molecule has 5 heteroatoms. The highest BCUT2D eigenvalue weighted by Crippen LogP contribution is 2.37. The van der Waals surface area contributed by atoms with E-state index in [-0.39, 0.29) is 0 Å². The molecule has 0 unspecified atom stereocenters. The van der Waals surface area contributed by atoms with Crippen LogP contribution < -0.4 is 23.7 Å². The van der Waals surface area contributed by atoms with Crippen molar-refractivity contribution in [1.29, 1.82) is 0 Å². The van der Waals surface area contributed by atoms with Crippen LogP contribution >= 0.6 is 0 Å². The van der Waals surface area contributed by atoms with E-state index < -0.39 is 0 Å². The first-order chi connectivity index (χ1) is 66.1. The molecule has 5 fully saturated rings. The van der Waals surface area contributed by atoms with Gasteiger partial charge in [-0.15, -0.1) is 0 Å². The lowest BCUT2D eigenvalue weighted by Crippen LogP contribution is -2.12. The smallest absolute Gasteiger partial charge is 0.119 e. The third-order valence-corrected chi connectivity index (χ3v) is 28.5. The zero-order valence-corrected chi connectivity index (χ0v) is 84.2. The lowest BCUT2D eigenvalue weighted by Gasteiger charge is -2.26. The highest BCUT2D eigenvalue weighted by molar-refractivity contribution is 5.50. The Morgan fingerprint density at radius 1 is 0.200 bits per heavy atom. The zero-order chi connectivity index (χ0) is 94.5. The Labute approximate surface area is 818 Å². The molecule has 135 heavy (non-hydrogen) atoms. The number of unbranched alkanes of at least 4 members (excludes halogenated alkanes) is 3. The van der Waals surface area contributed by atoms with Gasteiger partial charge in [0.1, 0.15) is 28.7 Å². The van der Waals surface area contributed by atoms with E-state index in [1.54, 1.807) is 7.11 Å². The Bertz CT molecular complexity index is 5250. The van der Waals surface area contributed by atoms with Crippen molar-refractivity contribution in [3.63, 3.8) is 0 Å². The minimum Gasteiger partial charge on any atom is -0.497 e. The van der Waals surface area contributed by atoms with Crippen LogP contribution in [0.3, 0.4) is 0 Å². The van der Waals surface area contributed by atoms with E-state index in [0.717, 1.165) is 189 Å². The molecule has 0 radical (unpaired) electrons. The maximum absolute atomic E-state index is 5.76. The number of ether oxygens (including phenoxy) is 5. The van der Waals surface area contributed by atoms with Crippen LogP contribution in [0.5, 0.6) is 28.7 Å². The fourth-order valence-electron chi connectivity index (χ4n) is 18.9. The summed E-state index contributed by atoms with van der Waals surface area (Å²) in [6, 6.07) is 84.1. The van der Waals surface area contributed by atoms with Gasteiger partial charge in [-0.05, 0) is 359 Å². The molecule has 0 N–H and O–H groups in total. The monoisotopic (exact) mass is 1800 g/mol. The van der Waals surface area contributed by atoms with Gasteiger partial charge in [-0.3, -0.25) is 0 Å². The molecule has 15 rings (SSSR count). The minimum absolute atomic E-state index is 0.692. The zero-order valence-electron chi connectivity index (χ0n) is 84.2. The van der Waals surface area contributed by atoms with Crippen LogP contribution in [0, 0.1) is 118 Å². The second kappa shape index (κ2) is 60.5. The molecule has 10 aromatic rings. The first-order valence-electron chi connectivity index (χ1n) is 52.7. The van der Waals surface area contributed by atoms with Crippen LogP contribution in [0.4, 0.5) is 0 Å². The molecule has 0 bridgehead atoms. The number of rotatable bonds is 30. The van der Waals surface area contributed by atoms with Crippen molar-refractivity contribution in [3.05, 3.63) is 326 Å². The highest BCUT2D eigenvalue weighted by atomic mass is 16.5. The largest absolute Gasteiger partial charge is 0.497 e. The van der Waals surface area contributed by atoms with Crippen molar-refractivity contribution < 1.29 is 23.7 Å². The Kier molecular flexibility index (Phi) is 46.8. The van der Waals surface area contributed by atoms with E-state index in [1.807, 2.05) is 128 Å². The van der Waals surface area contributed by atoms with Crippen LogP contribution in [-0.2, 0) is 32.1 Å². The van der Waals surface area contributed by atoms with Crippen LogP contribution in [-0.4, -0.2) is 33.5 Å². The third-order valence-electron chi connectivity index (χ3n) is 28.5. The van der Waals surface area contributed by atoms with Gasteiger partial charge in [0, 0.05) is 55.6 Å². The molecule has 0 aliphatic heterocycles. The first-order valence-corrected chi connectivity index (χ1v) is 52.7. The van der Waals surface area contributed by atoms with Gasteiger partial charge in [0.2, 0.25) is 0 Å². The number of hydrogen-bond acceptors (Lipinski definition) is 5. The van der Waals surface area contributed by atoms with Gasteiger partial charge in [-0.2, -0.15) is 0 Å². The van der Waals surface area contributed by atoms with E-state index in [1.165, 1.54) is 233 Å². The van der Waals surface area contributed by atoms with Crippen molar-refractivity contribution in [1.82, 2.24) is 0 Å². The maximum Gasteiger partial charge on any atom is 0.119 e. The molecule has 0 heterocycles. The van der Waals surface area contributed by atoms with Gasteiger partial charge < -0.3 is 23.7 Å². The minimum atomic E-state index is 0.692. The Hall–Kier alpha value is -11.0. The topological polar surface area (TPSA) is 46.2 Å². The van der Waals surface area contributed by atoms with E-state index in [4.69, 9.17) is 23.7 Å². The lowest BCUT2D eigenvalue weighted by atomic mass is 9.80. The molecule has 0 spiro atoms. The lowest BCUT2D eigenvalue weighted by molar-refractivity contribution is 0.278. The van der Waals surface area contributed by atoms with Crippen molar-refractivity contribution in [2.24, 2.45) is 59.2 Å². The van der Waals surface area contributed by atoms with E-state index in [9.17, 15) is 0 Å². The normalized spacial score (nSPS) is 19.2. The van der Waals surface area contributed by atoms with E-state index in [0.29, 0.717) is 6.61 Å². The number of aryl methyl sites for hydroxylation is 5. The summed E-state index contributed by atoms with van der Waals surface area (Å²) < 4.78 is 27.7. The molecular weight excluding hydrogens is 1640 g/mol. The van der Waals surface area contributed by atoms with Gasteiger partial charge in [0.25, 0.3) is 0 Å². The fraction of sp³-hybridized carbons (Fsp3) is 0.462. The summed E-state index contributed by atoms with van der Waals surface area (Å²) in [6.07, 6.45) is 48.0. The molecule has 710 valence electrons. The SMILES string of the molecule is CCCCCOc1ccc(C#Cc2ccc(CCC3CCC(C)CC3)cc2)cc1.CCCCOc1ccc(C#Cc2ccc(CCC3CCC(C)CC3)cc2)cc1.CCCOc1ccc(C#Cc2ccc(CCC3CCC(C)CC3)cc2)cc1.CCOc1ccc(C#Cc2ccc(CCC3CCC(C)CC3)cc2)cc1.COc1ccc(C#Cc2ccc(CCC3CCC(C)CC3)cc2)cc1. The van der Waals surface area contributed by atoms with Crippen molar-refractivity contribution in [3.8, 4) is 88.0 Å². The van der Waals surface area contributed by atoms with Gasteiger partial charge in [0.05, 0.1) is 33.5 Å². The molecule has 0 amide bonds. The quantitative estimate of drug-likeness (QED) is 0.0332. The predicted octanol–water partition coefficient (Wildman–Crippen LogP) is 33.2. The summed E-state index contributed by atoms with van der Waals surface area (Å²) in [5, 5.41) is 0. The molecule has 5 saturated carbocycles. The summed E-state index contributed by atoms with van der Waals surface area (Å²) in [5.74, 6) is 46.5. The average molecular weight is 1800 g/mol. The standard InChI is InChI=1S/C28H36O.C27H34O.C26H32O.C25H30O.C24H28O/c1-3-4-5-22-29-28-20-18-27(19-21-28)17-16-26-14-12-25(13-15-26)11-10-24-8-6-23(2)7-9-24;1-3-4-21-28-27-19-17-26(18-20-27)16-15-25-13-11-24(12-14-25)10-9-23-7-5-22(2)6-8-23;1-3-20-27-26-18-16-25(17-19-26)15-14-24-12-10-23(11-13-24)9-8-22-6-4-21(2)5-7-22;1-3-26-25-18-16-24(17-19-25)15-14-23-12-10-22(11-13-23)9-8-21-6-4-20(2)5-7-21;1-19-3-5-20(6-4-19)7-8-21-9-11-22(12-10-21)13-14-23-15-17-24(25-2)18-16-23/h12-15,18-21,23-24H,3-11,22H2,1-2H3;11-14,17-20,22-23H,3-10,21H2,1-2H3;10-13,16-19,21-22H,3-9,20H2,1-2H3;10-13,16-21H,3-9H2,1-2H3;9-12,15-20H,3-8H2,1-2H3. The molecule has 10 aromatic carbocycles. The van der Waals surface area contributed by atoms with E-state index >= 15 is 0 Å². The summed E-state index contributed by atoms with van der Waals surface area (Å²) in [6.45, 7) is 23.5. The van der Waals surface area contributed by atoms with Crippen LogP contribution in [0.1, 0.15) is 345 Å². The second-order valence-electron chi connectivity index (χ2n) is 39.9. The Balaban J connectivity index is 0.000000162. The third kappa shape index (κ3) is 41.2. The van der Waals surface area contributed by atoms with Crippen molar-refractivity contribution in [2.45, 2.75) is 293 Å². The number of methoxy groups -OCH3 is 1. The van der Waals surface area contributed by atoms with Gasteiger partial charge >= 0.3 is 0 Å². The average Bonchev–Trinajstić information content (AvgIpc) is 0.893. The van der Waals surface area contributed by atoms with E-state index in [2.05, 4.69) is 236 Å². The molecular formula is C130H160O5. The number of benzene rings is 10. The van der Waals surface area contributed by atoms with Gasteiger partial charge in [-0.1, -0.05) is 323 Å².